The number of pyridine rings is 1. The van der Waals surface area contributed by atoms with Gasteiger partial charge in [-0.15, -0.1) is 0 Å². The summed E-state index contributed by atoms with van der Waals surface area (Å²) in [7, 11) is 5.77. The second-order valence-corrected chi connectivity index (χ2v) is 8.90. The van der Waals surface area contributed by atoms with Gasteiger partial charge in [0.05, 0.1) is 11.3 Å². The fourth-order valence-corrected chi connectivity index (χ4v) is 3.54. The van der Waals surface area contributed by atoms with Gasteiger partial charge >= 0.3 is 0 Å². The lowest BCUT2D eigenvalue weighted by molar-refractivity contribution is 0.0698. The highest BCUT2D eigenvalue weighted by molar-refractivity contribution is 6.11. The molecule has 2 aromatic rings. The molecule has 1 aromatic carbocycles. The lowest BCUT2D eigenvalue weighted by atomic mass is 10.0. The summed E-state index contributed by atoms with van der Waals surface area (Å²) >= 11 is 0. The van der Waals surface area contributed by atoms with Crippen LogP contribution < -0.4 is 5.32 Å². The summed E-state index contributed by atoms with van der Waals surface area (Å²) in [5.41, 5.74) is 5.42. The first-order valence-corrected chi connectivity index (χ1v) is 12.4. The molecule has 190 valence electrons. The molecular formula is C30H44N4O. The third-order valence-electron chi connectivity index (χ3n) is 5.15. The van der Waals surface area contributed by atoms with Gasteiger partial charge in [0.2, 0.25) is 0 Å². The van der Waals surface area contributed by atoms with Gasteiger partial charge in [0.1, 0.15) is 5.82 Å². The number of aliphatic hydroxyl groups is 1. The van der Waals surface area contributed by atoms with Gasteiger partial charge in [0.25, 0.3) is 0 Å². The Morgan fingerprint density at radius 1 is 1.17 bits per heavy atom. The quantitative estimate of drug-likeness (QED) is 0.210. The van der Waals surface area contributed by atoms with E-state index in [0.717, 1.165) is 52.3 Å². The minimum absolute atomic E-state index is 0.674. The van der Waals surface area contributed by atoms with Gasteiger partial charge < -0.3 is 15.3 Å². The van der Waals surface area contributed by atoms with Crippen molar-refractivity contribution in [2.75, 3.05) is 33.0 Å². The van der Waals surface area contributed by atoms with Crippen molar-refractivity contribution >= 4 is 23.2 Å². The van der Waals surface area contributed by atoms with E-state index in [-0.39, 0.29) is 0 Å². The predicted molar refractivity (Wildman–Crippen MR) is 155 cm³/mol. The molecule has 0 unspecified atom stereocenters. The summed E-state index contributed by atoms with van der Waals surface area (Å²) in [6.45, 7) is 14.4. The minimum atomic E-state index is -0.674. The van der Waals surface area contributed by atoms with Crippen molar-refractivity contribution in [3.8, 4) is 11.3 Å². The normalized spacial score (nSPS) is 12.3. The summed E-state index contributed by atoms with van der Waals surface area (Å²) in [6.07, 6.45) is 9.37. The molecule has 0 fully saturated rings. The zero-order chi connectivity index (χ0) is 26.4. The van der Waals surface area contributed by atoms with E-state index >= 15 is 0 Å². The molecule has 2 rings (SSSR count). The SMILES string of the molecule is C=C/C(=C\N(C)C)c1cccc(-c2ccc(/C(C=NC)=C/C)c(NCCCC(C)(C)O)n2)c1.CC. The zero-order valence-corrected chi connectivity index (χ0v) is 22.9. The molecule has 0 saturated heterocycles. The summed E-state index contributed by atoms with van der Waals surface area (Å²) in [5, 5.41) is 13.5. The number of hydrogen-bond acceptors (Lipinski definition) is 5. The van der Waals surface area contributed by atoms with Crippen LogP contribution in [0, 0.1) is 0 Å². The Morgan fingerprint density at radius 3 is 2.46 bits per heavy atom. The number of benzene rings is 1. The Kier molecular flexibility index (Phi) is 12.7. The molecule has 0 aliphatic heterocycles. The fourth-order valence-electron chi connectivity index (χ4n) is 3.54. The maximum absolute atomic E-state index is 10.0. The number of nitrogens with zero attached hydrogens (tertiary/aromatic N) is 3. The maximum Gasteiger partial charge on any atom is 0.134 e. The van der Waals surface area contributed by atoms with Crippen LogP contribution in [0.5, 0.6) is 0 Å². The van der Waals surface area contributed by atoms with Crippen LogP contribution in [0.3, 0.4) is 0 Å². The van der Waals surface area contributed by atoms with E-state index in [1.807, 2.05) is 84.1 Å². The molecule has 0 atom stereocenters. The number of anilines is 1. The summed E-state index contributed by atoms with van der Waals surface area (Å²) in [4.78, 5) is 11.2. The van der Waals surface area contributed by atoms with E-state index in [0.29, 0.717) is 6.42 Å². The van der Waals surface area contributed by atoms with Crippen molar-refractivity contribution in [1.82, 2.24) is 9.88 Å². The van der Waals surface area contributed by atoms with Gasteiger partial charge in [0.15, 0.2) is 0 Å². The van der Waals surface area contributed by atoms with Gasteiger partial charge in [0, 0.05) is 51.2 Å². The number of hydrogen-bond donors (Lipinski definition) is 2. The van der Waals surface area contributed by atoms with Crippen LogP contribution in [0.25, 0.3) is 22.4 Å². The van der Waals surface area contributed by atoms with Gasteiger partial charge in [-0.1, -0.05) is 50.8 Å². The predicted octanol–water partition coefficient (Wildman–Crippen LogP) is 6.93. The molecule has 0 radical (unpaired) electrons. The average molecular weight is 477 g/mol. The molecular weight excluding hydrogens is 432 g/mol. The first-order valence-electron chi connectivity index (χ1n) is 12.4. The van der Waals surface area contributed by atoms with Crippen LogP contribution in [0.2, 0.25) is 0 Å². The van der Waals surface area contributed by atoms with E-state index in [1.54, 1.807) is 7.05 Å². The van der Waals surface area contributed by atoms with Crippen molar-refractivity contribution in [2.24, 2.45) is 4.99 Å². The van der Waals surface area contributed by atoms with Crippen molar-refractivity contribution in [3.63, 3.8) is 0 Å². The van der Waals surface area contributed by atoms with Crippen molar-refractivity contribution < 1.29 is 5.11 Å². The standard InChI is InChI=1S/C28H38N4O.C2H6/c1-8-21(19-29-5)25-14-15-26(31-27(25)30-17-11-16-28(3,4)33)24-13-10-12-23(18-24)22(9-2)20-32(6)7;1-2/h8-10,12-15,18-20,33H,2,11,16-17H2,1,3-7H3,(H,30,31);1-2H3/b21-8+,22-20+,29-19?;. The maximum atomic E-state index is 10.0. The first kappa shape index (κ1) is 29.9. The monoisotopic (exact) mass is 476 g/mol. The molecule has 35 heavy (non-hydrogen) atoms. The van der Waals surface area contributed by atoms with E-state index in [9.17, 15) is 5.11 Å². The van der Waals surface area contributed by atoms with Crippen LogP contribution in [0.15, 0.2) is 66.3 Å². The van der Waals surface area contributed by atoms with Crippen molar-refractivity contribution in [2.45, 2.75) is 53.1 Å². The molecule has 0 amide bonds. The molecule has 0 aliphatic carbocycles. The first-order chi connectivity index (χ1) is 16.7. The molecule has 0 bridgehead atoms. The lowest BCUT2D eigenvalue weighted by Crippen LogP contribution is -2.20. The fraction of sp³-hybridized carbons (Fsp3) is 0.400. The van der Waals surface area contributed by atoms with E-state index in [2.05, 4.69) is 47.4 Å². The van der Waals surface area contributed by atoms with Crippen molar-refractivity contribution in [3.05, 3.63) is 72.5 Å². The highest BCUT2D eigenvalue weighted by Gasteiger charge is 2.13. The topological polar surface area (TPSA) is 60.8 Å². The third kappa shape index (κ3) is 9.91. The van der Waals surface area contributed by atoms with E-state index in [4.69, 9.17) is 4.98 Å². The highest BCUT2D eigenvalue weighted by atomic mass is 16.3. The summed E-state index contributed by atoms with van der Waals surface area (Å²) in [5.74, 6) is 0.814. The molecule has 0 aliphatic rings. The second kappa shape index (κ2) is 14.9. The number of allylic oxidation sites excluding steroid dienone is 4. The van der Waals surface area contributed by atoms with Crippen LogP contribution >= 0.6 is 0 Å². The molecule has 5 nitrogen and oxygen atoms in total. The Balaban J connectivity index is 0.00000298. The smallest absolute Gasteiger partial charge is 0.134 e. The largest absolute Gasteiger partial charge is 0.390 e. The minimum Gasteiger partial charge on any atom is -0.390 e. The Morgan fingerprint density at radius 2 is 1.89 bits per heavy atom. The Hall–Kier alpha value is -3.18. The molecule has 5 heteroatoms. The number of nitrogens with one attached hydrogen (secondary N) is 1. The Bertz CT molecular complexity index is 1030. The number of aliphatic imine (C=N–C) groups is 1. The molecule has 0 saturated carbocycles. The Labute approximate surface area is 213 Å². The van der Waals surface area contributed by atoms with E-state index < -0.39 is 5.60 Å². The van der Waals surface area contributed by atoms with Crippen LogP contribution in [0.4, 0.5) is 5.82 Å². The van der Waals surface area contributed by atoms with Crippen molar-refractivity contribution in [1.29, 1.82) is 0 Å². The van der Waals surface area contributed by atoms with Crippen LogP contribution in [-0.2, 0) is 0 Å². The second-order valence-electron chi connectivity index (χ2n) is 8.90. The molecule has 1 heterocycles. The third-order valence-corrected chi connectivity index (χ3v) is 5.15. The van der Waals surface area contributed by atoms with Gasteiger partial charge in [-0.2, -0.15) is 0 Å². The van der Waals surface area contributed by atoms with Gasteiger partial charge in [-0.3, -0.25) is 4.99 Å². The lowest BCUT2D eigenvalue weighted by Gasteiger charge is -2.18. The zero-order valence-electron chi connectivity index (χ0n) is 22.9. The van der Waals surface area contributed by atoms with Crippen LogP contribution in [-0.4, -0.2) is 54.5 Å². The molecule has 0 spiro atoms. The number of rotatable bonds is 11. The highest BCUT2D eigenvalue weighted by Crippen LogP contribution is 2.28. The van der Waals surface area contributed by atoms with Gasteiger partial charge in [-0.05, 0) is 68.5 Å². The van der Waals surface area contributed by atoms with Crippen LogP contribution in [0.1, 0.15) is 58.6 Å². The molecule has 2 N–H and O–H groups in total. The summed E-state index contributed by atoms with van der Waals surface area (Å²) in [6, 6.07) is 12.5. The number of aromatic nitrogens is 1. The van der Waals surface area contributed by atoms with Gasteiger partial charge in [-0.25, -0.2) is 4.98 Å². The average Bonchev–Trinajstić information content (AvgIpc) is 2.84. The summed E-state index contributed by atoms with van der Waals surface area (Å²) < 4.78 is 0. The molecule has 1 aromatic heterocycles. The van der Waals surface area contributed by atoms with E-state index in [1.165, 1.54) is 0 Å².